The molecule has 3 nitrogen and oxygen atoms in total. The molecule has 112 valence electrons. The summed E-state index contributed by atoms with van der Waals surface area (Å²) in [6.45, 7) is 1.90. The maximum atomic E-state index is 13.1. The van der Waals surface area contributed by atoms with Crippen LogP contribution in [0.15, 0.2) is 36.4 Å². The third-order valence-electron chi connectivity index (χ3n) is 3.26. The number of halogens is 2. The summed E-state index contributed by atoms with van der Waals surface area (Å²) in [4.78, 5) is 1.92. The van der Waals surface area contributed by atoms with Gasteiger partial charge in [-0.3, -0.25) is 0 Å². The Morgan fingerprint density at radius 2 is 1.95 bits per heavy atom. The summed E-state index contributed by atoms with van der Waals surface area (Å²) in [6, 6.07) is 9.41. The number of para-hydroxylation sites is 1. The molecular formula is C16H18ClFN2O. The van der Waals surface area contributed by atoms with Crippen LogP contribution >= 0.6 is 11.6 Å². The van der Waals surface area contributed by atoms with Gasteiger partial charge in [0, 0.05) is 25.7 Å². The maximum absolute atomic E-state index is 13.1. The van der Waals surface area contributed by atoms with Crippen molar-refractivity contribution >= 4 is 23.0 Å². The van der Waals surface area contributed by atoms with E-state index in [9.17, 15) is 9.50 Å². The molecule has 0 aromatic heterocycles. The van der Waals surface area contributed by atoms with Crippen molar-refractivity contribution in [2.24, 2.45) is 0 Å². The Hall–Kier alpha value is -1.94. The van der Waals surface area contributed by atoms with Gasteiger partial charge in [0.25, 0.3) is 0 Å². The van der Waals surface area contributed by atoms with Gasteiger partial charge in [0.2, 0.25) is 0 Å². The molecule has 0 bridgehead atoms. The Labute approximate surface area is 129 Å². The van der Waals surface area contributed by atoms with Crippen LogP contribution in [-0.2, 0) is 0 Å². The minimum Gasteiger partial charge on any atom is -0.507 e. The number of benzene rings is 2. The van der Waals surface area contributed by atoms with E-state index < -0.39 is 5.82 Å². The third-order valence-corrected chi connectivity index (χ3v) is 3.57. The molecule has 0 fully saturated rings. The molecule has 21 heavy (non-hydrogen) atoms. The zero-order valence-electron chi connectivity index (χ0n) is 12.2. The van der Waals surface area contributed by atoms with Crippen LogP contribution in [0, 0.1) is 5.82 Å². The largest absolute Gasteiger partial charge is 0.507 e. The van der Waals surface area contributed by atoms with E-state index in [0.717, 1.165) is 17.4 Å². The summed E-state index contributed by atoms with van der Waals surface area (Å²) in [6.07, 6.45) is 0. The molecule has 0 aliphatic carbocycles. The molecule has 2 rings (SSSR count). The van der Waals surface area contributed by atoms with Crippen LogP contribution in [0.5, 0.6) is 5.75 Å². The Balaban J connectivity index is 2.31. The van der Waals surface area contributed by atoms with E-state index in [4.69, 9.17) is 11.6 Å². The number of anilines is 2. The fourth-order valence-corrected chi connectivity index (χ4v) is 2.62. The highest BCUT2D eigenvalue weighted by Crippen LogP contribution is 2.35. The molecule has 0 spiro atoms. The van der Waals surface area contributed by atoms with Crippen molar-refractivity contribution in [1.82, 2.24) is 0 Å². The number of aromatic hydroxyl groups is 1. The molecule has 2 aromatic carbocycles. The highest BCUT2D eigenvalue weighted by Gasteiger charge is 2.15. The zero-order valence-corrected chi connectivity index (χ0v) is 12.9. The van der Waals surface area contributed by atoms with Gasteiger partial charge in [-0.15, -0.1) is 0 Å². The van der Waals surface area contributed by atoms with Gasteiger partial charge in [-0.25, -0.2) is 4.39 Å². The second-order valence-electron chi connectivity index (χ2n) is 5.10. The average Bonchev–Trinajstić information content (AvgIpc) is 2.37. The van der Waals surface area contributed by atoms with Crippen molar-refractivity contribution in [1.29, 1.82) is 0 Å². The molecule has 0 aliphatic heterocycles. The van der Waals surface area contributed by atoms with Gasteiger partial charge in [-0.1, -0.05) is 23.7 Å². The molecule has 0 radical (unpaired) electrons. The maximum Gasteiger partial charge on any atom is 0.126 e. The SMILES string of the molecule is CC(Nc1cccc(Cl)c1N(C)C)c1ccc(F)cc1O. The predicted octanol–water partition coefficient (Wildman–Crippen LogP) is 4.42. The van der Waals surface area contributed by atoms with Gasteiger partial charge >= 0.3 is 0 Å². The van der Waals surface area contributed by atoms with E-state index in [1.807, 2.05) is 44.1 Å². The fourth-order valence-electron chi connectivity index (χ4n) is 2.28. The summed E-state index contributed by atoms with van der Waals surface area (Å²) in [5.74, 6) is -0.524. The first-order valence-electron chi connectivity index (χ1n) is 6.61. The normalized spacial score (nSPS) is 12.0. The first kappa shape index (κ1) is 15.4. The second-order valence-corrected chi connectivity index (χ2v) is 5.51. The minimum absolute atomic E-state index is 0.0663. The van der Waals surface area contributed by atoms with E-state index in [1.165, 1.54) is 6.07 Å². The van der Waals surface area contributed by atoms with Crippen molar-refractivity contribution < 1.29 is 9.50 Å². The quantitative estimate of drug-likeness (QED) is 0.877. The van der Waals surface area contributed by atoms with Crippen molar-refractivity contribution in [2.45, 2.75) is 13.0 Å². The predicted molar refractivity (Wildman–Crippen MR) is 85.9 cm³/mol. The summed E-state index contributed by atoms with van der Waals surface area (Å²) in [5, 5.41) is 13.8. The third kappa shape index (κ3) is 3.39. The number of hydrogen-bond acceptors (Lipinski definition) is 3. The molecule has 1 unspecified atom stereocenters. The summed E-state index contributed by atoms with van der Waals surface area (Å²) >= 11 is 6.23. The molecule has 0 amide bonds. The lowest BCUT2D eigenvalue weighted by molar-refractivity contribution is 0.459. The highest BCUT2D eigenvalue weighted by atomic mass is 35.5. The van der Waals surface area contributed by atoms with Gasteiger partial charge in [-0.2, -0.15) is 0 Å². The monoisotopic (exact) mass is 308 g/mol. The molecule has 2 aromatic rings. The lowest BCUT2D eigenvalue weighted by atomic mass is 10.1. The molecule has 0 saturated carbocycles. The van der Waals surface area contributed by atoms with E-state index >= 15 is 0 Å². The fraction of sp³-hybridized carbons (Fsp3) is 0.250. The first-order valence-corrected chi connectivity index (χ1v) is 6.98. The lowest BCUT2D eigenvalue weighted by Gasteiger charge is -2.23. The first-order chi connectivity index (χ1) is 9.90. The van der Waals surface area contributed by atoms with Gasteiger partial charge in [0.1, 0.15) is 11.6 Å². The average molecular weight is 309 g/mol. The summed E-state index contributed by atoms with van der Waals surface area (Å²) in [7, 11) is 3.82. The van der Waals surface area contributed by atoms with Crippen LogP contribution in [0.4, 0.5) is 15.8 Å². The van der Waals surface area contributed by atoms with Crippen LogP contribution in [0.25, 0.3) is 0 Å². The van der Waals surface area contributed by atoms with Crippen molar-refractivity contribution in [2.75, 3.05) is 24.3 Å². The minimum atomic E-state index is -0.458. The number of hydrogen-bond donors (Lipinski definition) is 2. The van der Waals surface area contributed by atoms with E-state index in [-0.39, 0.29) is 11.8 Å². The van der Waals surface area contributed by atoms with E-state index in [2.05, 4.69) is 5.32 Å². The van der Waals surface area contributed by atoms with Crippen molar-refractivity contribution in [3.63, 3.8) is 0 Å². The Morgan fingerprint density at radius 1 is 1.24 bits per heavy atom. The second kappa shape index (κ2) is 6.22. The van der Waals surface area contributed by atoms with Gasteiger partial charge in [0.05, 0.1) is 22.4 Å². The van der Waals surface area contributed by atoms with Crippen LogP contribution in [0.1, 0.15) is 18.5 Å². The van der Waals surface area contributed by atoms with Crippen molar-refractivity contribution in [3.05, 3.63) is 52.8 Å². The number of phenols is 1. The Kier molecular flexibility index (Phi) is 4.58. The topological polar surface area (TPSA) is 35.5 Å². The van der Waals surface area contributed by atoms with Crippen LogP contribution in [0.2, 0.25) is 5.02 Å². The molecule has 2 N–H and O–H groups in total. The molecule has 0 aliphatic rings. The number of nitrogens with one attached hydrogen (secondary N) is 1. The molecule has 1 atom stereocenters. The number of rotatable bonds is 4. The lowest BCUT2D eigenvalue weighted by Crippen LogP contribution is -2.14. The van der Waals surface area contributed by atoms with E-state index in [1.54, 1.807) is 6.07 Å². The zero-order chi connectivity index (χ0) is 15.6. The van der Waals surface area contributed by atoms with Gasteiger partial charge in [0.15, 0.2) is 0 Å². The smallest absolute Gasteiger partial charge is 0.126 e. The van der Waals surface area contributed by atoms with Crippen LogP contribution < -0.4 is 10.2 Å². The van der Waals surface area contributed by atoms with Crippen molar-refractivity contribution in [3.8, 4) is 5.75 Å². The Bertz CT molecular complexity index is 646. The summed E-state index contributed by atoms with van der Waals surface area (Å²) < 4.78 is 13.1. The van der Waals surface area contributed by atoms with E-state index in [0.29, 0.717) is 10.6 Å². The van der Waals surface area contributed by atoms with Gasteiger partial charge < -0.3 is 15.3 Å². The number of phenolic OH excluding ortho intramolecular Hbond substituents is 1. The highest BCUT2D eigenvalue weighted by molar-refractivity contribution is 6.34. The van der Waals surface area contributed by atoms with Gasteiger partial charge in [-0.05, 0) is 25.1 Å². The summed E-state index contributed by atoms with van der Waals surface area (Å²) in [5.41, 5.74) is 2.34. The molecule has 5 heteroatoms. The molecule has 0 saturated heterocycles. The van der Waals surface area contributed by atoms with Crippen LogP contribution in [0.3, 0.4) is 0 Å². The van der Waals surface area contributed by atoms with Crippen LogP contribution in [-0.4, -0.2) is 19.2 Å². The Morgan fingerprint density at radius 3 is 2.57 bits per heavy atom. The molecular weight excluding hydrogens is 291 g/mol. The number of nitrogens with zero attached hydrogens (tertiary/aromatic N) is 1. The standard InChI is InChI=1S/C16H18ClFN2O/c1-10(12-8-7-11(18)9-15(12)21)19-14-6-4-5-13(17)16(14)20(2)3/h4-10,19,21H,1-3H3. The molecule has 0 heterocycles.